The molecule has 1 aliphatic rings. The predicted octanol–water partition coefficient (Wildman–Crippen LogP) is 1.90. The van der Waals surface area contributed by atoms with Crippen molar-refractivity contribution in [2.45, 2.75) is 33.2 Å². The molecule has 0 aromatic heterocycles. The van der Waals surface area contributed by atoms with Crippen LogP contribution in [0.15, 0.2) is 18.2 Å². The predicted molar refractivity (Wildman–Crippen MR) is 94.2 cm³/mol. The minimum atomic E-state index is -3.00. The number of nitrogens with zero attached hydrogens (tertiary/aromatic N) is 1. The molecule has 0 bridgehead atoms. The summed E-state index contributed by atoms with van der Waals surface area (Å²) in [6.07, 6.45) is 0.517. The summed E-state index contributed by atoms with van der Waals surface area (Å²) >= 11 is 0. The maximum Gasteiger partial charge on any atom is 0.317 e. The first kappa shape index (κ1) is 18.6. The van der Waals surface area contributed by atoms with Crippen molar-refractivity contribution in [3.05, 3.63) is 29.3 Å². The molecule has 0 radical (unpaired) electrons. The number of rotatable bonds is 6. The Bertz CT molecular complexity index is 688. The number of hydrogen-bond acceptors (Lipinski definition) is 4. The molecule has 1 aromatic rings. The van der Waals surface area contributed by atoms with Crippen LogP contribution in [0.4, 0.5) is 4.79 Å². The van der Waals surface area contributed by atoms with Crippen LogP contribution in [-0.4, -0.2) is 56.6 Å². The third-order valence-electron chi connectivity index (χ3n) is 4.22. The highest BCUT2D eigenvalue weighted by Gasteiger charge is 2.33. The quantitative estimate of drug-likeness (QED) is 0.792. The van der Waals surface area contributed by atoms with Gasteiger partial charge in [-0.05, 0) is 38.8 Å². The van der Waals surface area contributed by atoms with Crippen LogP contribution in [0.1, 0.15) is 24.5 Å². The van der Waals surface area contributed by atoms with Gasteiger partial charge in [0.05, 0.1) is 18.1 Å². The number of benzene rings is 1. The van der Waals surface area contributed by atoms with Crippen LogP contribution in [0.3, 0.4) is 0 Å². The van der Waals surface area contributed by atoms with Gasteiger partial charge in [0.1, 0.15) is 12.4 Å². The molecule has 1 aromatic carbocycles. The van der Waals surface area contributed by atoms with Crippen molar-refractivity contribution in [2.24, 2.45) is 0 Å². The lowest BCUT2D eigenvalue weighted by atomic mass is 10.1. The summed E-state index contributed by atoms with van der Waals surface area (Å²) in [4.78, 5) is 13.9. The second kappa shape index (κ2) is 7.88. The fourth-order valence-electron chi connectivity index (χ4n) is 2.97. The molecule has 1 atom stereocenters. The van der Waals surface area contributed by atoms with Gasteiger partial charge in [-0.25, -0.2) is 13.2 Å². The number of hydrogen-bond donors (Lipinski definition) is 1. The van der Waals surface area contributed by atoms with Gasteiger partial charge in [-0.2, -0.15) is 0 Å². The zero-order valence-electron chi connectivity index (χ0n) is 14.5. The Morgan fingerprint density at radius 3 is 2.71 bits per heavy atom. The Morgan fingerprint density at radius 2 is 2.12 bits per heavy atom. The van der Waals surface area contributed by atoms with E-state index in [4.69, 9.17) is 4.74 Å². The molecule has 1 aliphatic heterocycles. The smallest absolute Gasteiger partial charge is 0.317 e. The molecule has 6 nitrogen and oxygen atoms in total. The van der Waals surface area contributed by atoms with Gasteiger partial charge >= 0.3 is 6.03 Å². The molecule has 134 valence electrons. The Hall–Kier alpha value is -1.76. The van der Waals surface area contributed by atoms with E-state index in [1.54, 1.807) is 4.90 Å². The Balaban J connectivity index is 1.79. The summed E-state index contributed by atoms with van der Waals surface area (Å²) in [7, 11) is -3.00. The number of sulfone groups is 1. The molecule has 0 spiro atoms. The summed E-state index contributed by atoms with van der Waals surface area (Å²) in [6, 6.07) is 5.51. The molecule has 1 heterocycles. The van der Waals surface area contributed by atoms with E-state index < -0.39 is 9.84 Å². The topological polar surface area (TPSA) is 75.7 Å². The Morgan fingerprint density at radius 1 is 1.38 bits per heavy atom. The van der Waals surface area contributed by atoms with Crippen molar-refractivity contribution < 1.29 is 17.9 Å². The summed E-state index contributed by atoms with van der Waals surface area (Å²) in [5.41, 5.74) is 2.24. The number of carbonyl (C=O) groups excluding carboxylic acids is 1. The van der Waals surface area contributed by atoms with Gasteiger partial charge in [0.15, 0.2) is 9.84 Å². The molecule has 2 amide bonds. The van der Waals surface area contributed by atoms with Crippen molar-refractivity contribution in [2.75, 3.05) is 31.2 Å². The minimum absolute atomic E-state index is 0.0628. The first-order chi connectivity index (χ1) is 11.3. The number of nitrogens with one attached hydrogen (secondary N) is 1. The van der Waals surface area contributed by atoms with Crippen molar-refractivity contribution >= 4 is 15.9 Å². The van der Waals surface area contributed by atoms with Crippen molar-refractivity contribution in [3.63, 3.8) is 0 Å². The number of urea groups is 1. The van der Waals surface area contributed by atoms with Crippen LogP contribution in [0.25, 0.3) is 0 Å². The standard InChI is InChI=1S/C17H26N2O4S/c1-4-19(15-7-10-24(21,22)12-15)17(20)18-8-9-23-16-6-5-13(2)11-14(16)3/h5-6,11,15H,4,7-10,12H2,1-3H3,(H,18,20). The Labute approximate surface area is 144 Å². The fraction of sp³-hybridized carbons (Fsp3) is 0.588. The highest BCUT2D eigenvalue weighted by Crippen LogP contribution is 2.19. The summed E-state index contributed by atoms with van der Waals surface area (Å²) in [5.74, 6) is 1.04. The van der Waals surface area contributed by atoms with E-state index in [9.17, 15) is 13.2 Å². The van der Waals surface area contributed by atoms with Gasteiger partial charge in [0, 0.05) is 12.6 Å². The second-order valence-electron chi connectivity index (χ2n) is 6.19. The van der Waals surface area contributed by atoms with E-state index in [-0.39, 0.29) is 23.6 Å². The van der Waals surface area contributed by atoms with Crippen LogP contribution in [0.5, 0.6) is 5.75 Å². The van der Waals surface area contributed by atoms with Crippen molar-refractivity contribution in [1.29, 1.82) is 0 Å². The van der Waals surface area contributed by atoms with E-state index in [1.165, 1.54) is 5.56 Å². The molecule has 2 rings (SSSR count). The molecule has 1 unspecified atom stereocenters. The number of amides is 2. The van der Waals surface area contributed by atoms with Gasteiger partial charge in [-0.1, -0.05) is 17.7 Å². The first-order valence-electron chi connectivity index (χ1n) is 8.27. The molecular formula is C17H26N2O4S. The zero-order valence-corrected chi connectivity index (χ0v) is 15.4. The minimum Gasteiger partial charge on any atom is -0.491 e. The third-order valence-corrected chi connectivity index (χ3v) is 5.97. The highest BCUT2D eigenvalue weighted by atomic mass is 32.2. The van der Waals surface area contributed by atoms with Crippen LogP contribution in [-0.2, 0) is 9.84 Å². The Kier molecular flexibility index (Phi) is 6.10. The van der Waals surface area contributed by atoms with Crippen LogP contribution >= 0.6 is 0 Å². The van der Waals surface area contributed by atoms with E-state index in [0.717, 1.165) is 11.3 Å². The lowest BCUT2D eigenvalue weighted by Crippen LogP contribution is -2.47. The molecule has 24 heavy (non-hydrogen) atoms. The van der Waals surface area contributed by atoms with E-state index >= 15 is 0 Å². The maximum atomic E-state index is 12.3. The van der Waals surface area contributed by atoms with E-state index in [0.29, 0.717) is 26.1 Å². The SMILES string of the molecule is CCN(C(=O)NCCOc1ccc(C)cc1C)C1CCS(=O)(=O)C1. The van der Waals surface area contributed by atoms with Crippen molar-refractivity contribution in [3.8, 4) is 5.75 Å². The summed E-state index contributed by atoms with van der Waals surface area (Å²) in [5, 5.41) is 2.81. The highest BCUT2D eigenvalue weighted by molar-refractivity contribution is 7.91. The van der Waals surface area contributed by atoms with Gasteiger partial charge in [-0.15, -0.1) is 0 Å². The lowest BCUT2D eigenvalue weighted by Gasteiger charge is -2.27. The summed E-state index contributed by atoms with van der Waals surface area (Å²) < 4.78 is 28.8. The van der Waals surface area contributed by atoms with Gasteiger partial charge < -0.3 is 15.0 Å². The number of carbonyl (C=O) groups is 1. The van der Waals surface area contributed by atoms with Crippen LogP contribution in [0.2, 0.25) is 0 Å². The average molecular weight is 354 g/mol. The average Bonchev–Trinajstić information content (AvgIpc) is 2.86. The maximum absolute atomic E-state index is 12.3. The lowest BCUT2D eigenvalue weighted by molar-refractivity contribution is 0.181. The second-order valence-corrected chi connectivity index (χ2v) is 8.42. The molecular weight excluding hydrogens is 328 g/mol. The largest absolute Gasteiger partial charge is 0.491 e. The molecule has 1 N–H and O–H groups in total. The molecule has 1 saturated heterocycles. The van der Waals surface area contributed by atoms with Crippen LogP contribution < -0.4 is 10.1 Å². The third kappa shape index (κ3) is 4.87. The number of aryl methyl sites for hydroxylation is 2. The monoisotopic (exact) mass is 354 g/mol. The van der Waals surface area contributed by atoms with Gasteiger partial charge in [-0.3, -0.25) is 0 Å². The molecule has 1 fully saturated rings. The summed E-state index contributed by atoms with van der Waals surface area (Å²) in [6.45, 7) is 7.11. The van der Waals surface area contributed by atoms with Gasteiger partial charge in [0.2, 0.25) is 0 Å². The van der Waals surface area contributed by atoms with Crippen LogP contribution in [0, 0.1) is 13.8 Å². The molecule has 0 saturated carbocycles. The number of ether oxygens (including phenoxy) is 1. The van der Waals surface area contributed by atoms with E-state index in [1.807, 2.05) is 39.0 Å². The van der Waals surface area contributed by atoms with E-state index in [2.05, 4.69) is 5.32 Å². The molecule has 0 aliphatic carbocycles. The fourth-order valence-corrected chi connectivity index (χ4v) is 4.70. The van der Waals surface area contributed by atoms with Gasteiger partial charge in [0.25, 0.3) is 0 Å². The zero-order chi connectivity index (χ0) is 17.7. The molecule has 7 heteroatoms. The first-order valence-corrected chi connectivity index (χ1v) is 10.1. The normalized spacial score (nSPS) is 19.0. The van der Waals surface area contributed by atoms with Crippen molar-refractivity contribution in [1.82, 2.24) is 10.2 Å².